The second-order valence-electron chi connectivity index (χ2n) is 9.68. The van der Waals surface area contributed by atoms with Crippen LogP contribution in [0.5, 0.6) is 5.75 Å². The van der Waals surface area contributed by atoms with Gasteiger partial charge in [-0.25, -0.2) is 0 Å². The Hall–Kier alpha value is -3.61. The Balaban J connectivity index is 1.57. The molecule has 4 aromatic rings. The maximum absolute atomic E-state index is 13.8. The van der Waals surface area contributed by atoms with Gasteiger partial charge in [-0.3, -0.25) is 9.59 Å². The fourth-order valence-electron chi connectivity index (χ4n) is 4.79. The monoisotopic (exact) mass is 516 g/mol. The summed E-state index contributed by atoms with van der Waals surface area (Å²) in [6, 6.07) is 20.3. The maximum atomic E-state index is 13.8. The van der Waals surface area contributed by atoms with Crippen molar-refractivity contribution in [2.45, 2.75) is 26.0 Å². The van der Waals surface area contributed by atoms with Gasteiger partial charge in [0, 0.05) is 11.6 Å². The molecule has 0 bridgehead atoms. The maximum Gasteiger partial charge on any atom is 0.290 e. The van der Waals surface area contributed by atoms with Crippen LogP contribution in [0.15, 0.2) is 75.9 Å². The average Bonchev–Trinajstić information content (AvgIpc) is 3.16. The summed E-state index contributed by atoms with van der Waals surface area (Å²) in [5.74, 6) is 0.491. The first-order chi connectivity index (χ1) is 17.8. The number of benzene rings is 3. The lowest BCUT2D eigenvalue weighted by molar-refractivity contribution is 0.0722. The van der Waals surface area contributed by atoms with E-state index in [-0.39, 0.29) is 17.1 Å². The van der Waals surface area contributed by atoms with E-state index < -0.39 is 6.04 Å². The van der Waals surface area contributed by atoms with Crippen molar-refractivity contribution in [1.82, 2.24) is 9.80 Å². The van der Waals surface area contributed by atoms with Gasteiger partial charge in [0.05, 0.1) is 17.0 Å². The van der Waals surface area contributed by atoms with Crippen LogP contribution in [0, 0.1) is 6.92 Å². The second-order valence-corrected chi connectivity index (χ2v) is 10.1. The number of hydrogen-bond donors (Lipinski definition) is 0. The summed E-state index contributed by atoms with van der Waals surface area (Å²) in [7, 11) is 3.99. The third-order valence-corrected chi connectivity index (χ3v) is 7.08. The quantitative estimate of drug-likeness (QED) is 0.295. The minimum absolute atomic E-state index is 0.102. The Bertz CT molecular complexity index is 1510. The molecule has 3 aromatic carbocycles. The van der Waals surface area contributed by atoms with Crippen molar-refractivity contribution in [2.24, 2.45) is 0 Å². The summed E-state index contributed by atoms with van der Waals surface area (Å²) in [4.78, 5) is 31.2. The molecule has 7 heteroatoms. The number of rotatable bonds is 8. The summed E-state index contributed by atoms with van der Waals surface area (Å²) >= 11 is 6.35. The molecule has 0 N–H and O–H groups in total. The highest BCUT2D eigenvalue weighted by Gasteiger charge is 2.42. The Labute approximate surface area is 221 Å². The standard InChI is InChI=1S/C30H29ClN2O4/c1-19-15-25-23(17-24(19)31)28(34)26-27(33(14-8-13-32(2)3)30(35)29(26)37-25)21-11-7-12-22(16-21)36-18-20-9-5-4-6-10-20/h4-7,9-12,15-17,27H,8,13-14,18H2,1-3H3. The van der Waals surface area contributed by atoms with E-state index in [2.05, 4.69) is 4.90 Å². The Morgan fingerprint density at radius 3 is 2.57 bits per heavy atom. The van der Waals surface area contributed by atoms with Gasteiger partial charge in [-0.15, -0.1) is 0 Å². The van der Waals surface area contributed by atoms with Crippen molar-refractivity contribution in [3.8, 4) is 5.75 Å². The first-order valence-corrected chi connectivity index (χ1v) is 12.7. The van der Waals surface area contributed by atoms with Crippen LogP contribution in [0.2, 0.25) is 5.02 Å². The van der Waals surface area contributed by atoms with Gasteiger partial charge < -0.3 is 19.0 Å². The molecule has 190 valence electrons. The lowest BCUT2D eigenvalue weighted by atomic mass is 9.98. The van der Waals surface area contributed by atoms with Gasteiger partial charge >= 0.3 is 0 Å². The van der Waals surface area contributed by atoms with Gasteiger partial charge in [-0.1, -0.05) is 54.1 Å². The van der Waals surface area contributed by atoms with E-state index >= 15 is 0 Å². The van der Waals surface area contributed by atoms with E-state index in [4.69, 9.17) is 20.8 Å². The molecule has 1 aliphatic rings. The van der Waals surface area contributed by atoms with Gasteiger partial charge in [0.1, 0.15) is 17.9 Å². The molecular weight excluding hydrogens is 488 g/mol. The Morgan fingerprint density at radius 2 is 1.81 bits per heavy atom. The molecule has 6 nitrogen and oxygen atoms in total. The summed E-state index contributed by atoms with van der Waals surface area (Å²) in [5, 5.41) is 0.860. The third-order valence-electron chi connectivity index (χ3n) is 6.67. The minimum atomic E-state index is -0.578. The molecule has 0 saturated heterocycles. The fourth-order valence-corrected chi connectivity index (χ4v) is 4.95. The van der Waals surface area contributed by atoms with Crippen LogP contribution in [-0.4, -0.2) is 42.9 Å². The molecule has 0 radical (unpaired) electrons. The van der Waals surface area contributed by atoms with Crippen molar-refractivity contribution in [2.75, 3.05) is 27.2 Å². The topological polar surface area (TPSA) is 63.0 Å². The van der Waals surface area contributed by atoms with Crippen LogP contribution in [-0.2, 0) is 6.61 Å². The Kier molecular flexibility index (Phi) is 7.04. The SMILES string of the molecule is Cc1cc2oc3c(c(=O)c2cc1Cl)C(c1cccc(OCc2ccccc2)c1)N(CCCN(C)C)C3=O. The van der Waals surface area contributed by atoms with E-state index in [1.807, 2.05) is 75.6 Å². The van der Waals surface area contributed by atoms with Gasteiger partial charge in [0.25, 0.3) is 5.91 Å². The molecule has 1 atom stereocenters. The molecule has 37 heavy (non-hydrogen) atoms. The first-order valence-electron chi connectivity index (χ1n) is 12.3. The Morgan fingerprint density at radius 1 is 1.03 bits per heavy atom. The van der Waals surface area contributed by atoms with Crippen LogP contribution in [0.1, 0.15) is 45.3 Å². The highest BCUT2D eigenvalue weighted by molar-refractivity contribution is 6.32. The molecule has 2 heterocycles. The van der Waals surface area contributed by atoms with Gasteiger partial charge in [0.2, 0.25) is 5.76 Å². The number of halogens is 1. The normalized spacial score (nSPS) is 15.0. The molecule has 1 amide bonds. The van der Waals surface area contributed by atoms with Crippen LogP contribution < -0.4 is 10.2 Å². The number of carbonyl (C=O) groups excluding carboxylic acids is 1. The van der Waals surface area contributed by atoms with E-state index in [0.29, 0.717) is 40.5 Å². The molecule has 1 aliphatic heterocycles. The van der Waals surface area contributed by atoms with E-state index in [1.54, 1.807) is 17.0 Å². The number of nitrogens with zero attached hydrogens (tertiary/aromatic N) is 2. The van der Waals surface area contributed by atoms with Crippen molar-refractivity contribution in [3.05, 3.63) is 110 Å². The number of aryl methyl sites for hydroxylation is 1. The smallest absolute Gasteiger partial charge is 0.290 e. The fraction of sp³-hybridized carbons (Fsp3) is 0.267. The molecule has 1 aromatic heterocycles. The molecule has 0 fully saturated rings. The summed E-state index contributed by atoms with van der Waals surface area (Å²) in [5.41, 5.74) is 3.12. The number of fused-ring (bicyclic) bond motifs is 2. The number of ether oxygens (including phenoxy) is 1. The van der Waals surface area contributed by atoms with Gasteiger partial charge in [0.15, 0.2) is 5.43 Å². The van der Waals surface area contributed by atoms with Crippen molar-refractivity contribution >= 4 is 28.5 Å². The summed E-state index contributed by atoms with van der Waals surface area (Å²) in [6.07, 6.45) is 0.756. The second kappa shape index (κ2) is 10.4. The minimum Gasteiger partial charge on any atom is -0.489 e. The largest absolute Gasteiger partial charge is 0.489 e. The molecular formula is C30H29ClN2O4. The summed E-state index contributed by atoms with van der Waals surface area (Å²) < 4.78 is 12.1. The van der Waals surface area contributed by atoms with Crippen LogP contribution in [0.4, 0.5) is 0 Å². The van der Waals surface area contributed by atoms with Crippen molar-refractivity contribution < 1.29 is 13.9 Å². The van der Waals surface area contributed by atoms with E-state index in [1.165, 1.54) is 0 Å². The van der Waals surface area contributed by atoms with Crippen molar-refractivity contribution in [1.29, 1.82) is 0 Å². The molecule has 0 spiro atoms. The molecule has 0 aliphatic carbocycles. The highest BCUT2D eigenvalue weighted by atomic mass is 35.5. The average molecular weight is 517 g/mol. The van der Waals surface area contributed by atoms with Crippen LogP contribution >= 0.6 is 11.6 Å². The first kappa shape index (κ1) is 25.1. The number of hydrogen-bond acceptors (Lipinski definition) is 5. The third kappa shape index (κ3) is 4.99. The number of carbonyl (C=O) groups is 1. The van der Waals surface area contributed by atoms with Crippen molar-refractivity contribution in [3.63, 3.8) is 0 Å². The van der Waals surface area contributed by atoms with E-state index in [9.17, 15) is 9.59 Å². The van der Waals surface area contributed by atoms with Crippen LogP contribution in [0.25, 0.3) is 11.0 Å². The molecule has 1 unspecified atom stereocenters. The van der Waals surface area contributed by atoms with E-state index in [0.717, 1.165) is 29.7 Å². The lowest BCUT2D eigenvalue weighted by Gasteiger charge is -2.26. The van der Waals surface area contributed by atoms with Crippen LogP contribution in [0.3, 0.4) is 0 Å². The summed E-state index contributed by atoms with van der Waals surface area (Å²) in [6.45, 7) is 3.55. The zero-order valence-corrected chi connectivity index (χ0v) is 21.9. The predicted octanol–water partition coefficient (Wildman–Crippen LogP) is 5.83. The number of amides is 1. The predicted molar refractivity (Wildman–Crippen MR) is 145 cm³/mol. The molecule has 5 rings (SSSR count). The highest BCUT2D eigenvalue weighted by Crippen LogP contribution is 2.39. The zero-order valence-electron chi connectivity index (χ0n) is 21.2. The van der Waals surface area contributed by atoms with Gasteiger partial charge in [-0.2, -0.15) is 0 Å². The molecule has 0 saturated carbocycles. The lowest BCUT2D eigenvalue weighted by Crippen LogP contribution is -2.32. The zero-order chi connectivity index (χ0) is 26.1. The van der Waals surface area contributed by atoms with Gasteiger partial charge in [-0.05, 0) is 74.9 Å².